The van der Waals surface area contributed by atoms with Crippen molar-refractivity contribution in [3.8, 4) is 0 Å². The van der Waals surface area contributed by atoms with E-state index in [1.807, 2.05) is 23.2 Å². The van der Waals surface area contributed by atoms with E-state index in [-0.39, 0.29) is 29.5 Å². The van der Waals surface area contributed by atoms with Gasteiger partial charge in [-0.15, -0.1) is 0 Å². The number of rotatable bonds is 4. The number of sulfone groups is 1. The van der Waals surface area contributed by atoms with Gasteiger partial charge in [-0.05, 0) is 30.4 Å². The van der Waals surface area contributed by atoms with Crippen LogP contribution in [0.15, 0.2) is 24.5 Å². The highest BCUT2D eigenvalue weighted by Crippen LogP contribution is 2.35. The molecule has 0 aromatic carbocycles. The summed E-state index contributed by atoms with van der Waals surface area (Å²) < 4.78 is 24.4. The molecule has 4 rings (SSSR count). The number of aromatic nitrogens is 1. The lowest BCUT2D eigenvalue weighted by Gasteiger charge is -2.44. The summed E-state index contributed by atoms with van der Waals surface area (Å²) in [6.07, 6.45) is 6.42. The number of hydrogen-bond donors (Lipinski definition) is 0. The summed E-state index contributed by atoms with van der Waals surface area (Å²) >= 11 is 0. The summed E-state index contributed by atoms with van der Waals surface area (Å²) in [4.78, 5) is 20.8. The fourth-order valence-electron chi connectivity index (χ4n) is 3.94. The van der Waals surface area contributed by atoms with Gasteiger partial charge >= 0.3 is 0 Å². The predicted molar refractivity (Wildman–Crippen MR) is 89.9 cm³/mol. The van der Waals surface area contributed by atoms with Crippen molar-refractivity contribution < 1.29 is 13.2 Å². The van der Waals surface area contributed by atoms with Gasteiger partial charge in [0.25, 0.3) is 0 Å². The molecule has 2 atom stereocenters. The molecule has 3 aliphatic rings. The average Bonchev–Trinajstić information content (AvgIpc) is 3.28. The summed E-state index contributed by atoms with van der Waals surface area (Å²) in [5.74, 6) is 0.941. The standard InChI is InChI=1S/C17H23N3O3S/c21-17(8-13-3-4-13)20-7-6-19(10-14-2-1-5-18-9-14)15-11-24(22,23)12-16(15)20/h1-2,5,9,13,15-16H,3-4,6-8,10-12H2/t15-,16+/m1/s1. The fraction of sp³-hybridized carbons (Fsp3) is 0.647. The molecule has 0 unspecified atom stereocenters. The Kier molecular flexibility index (Phi) is 4.08. The average molecular weight is 349 g/mol. The lowest BCUT2D eigenvalue weighted by molar-refractivity contribution is -0.137. The molecule has 6 nitrogen and oxygen atoms in total. The minimum Gasteiger partial charge on any atom is -0.336 e. The molecule has 2 aliphatic heterocycles. The molecule has 3 heterocycles. The fourth-order valence-corrected chi connectivity index (χ4v) is 5.95. The Balaban J connectivity index is 1.52. The number of carbonyl (C=O) groups is 1. The van der Waals surface area contributed by atoms with E-state index in [4.69, 9.17) is 0 Å². The Morgan fingerprint density at radius 1 is 1.21 bits per heavy atom. The minimum atomic E-state index is -3.08. The summed E-state index contributed by atoms with van der Waals surface area (Å²) in [7, 11) is -3.08. The van der Waals surface area contributed by atoms with Gasteiger partial charge in [-0.3, -0.25) is 14.7 Å². The van der Waals surface area contributed by atoms with Crippen molar-refractivity contribution in [2.75, 3.05) is 24.6 Å². The zero-order valence-electron chi connectivity index (χ0n) is 13.7. The second-order valence-corrected chi connectivity index (χ2v) is 9.43. The summed E-state index contributed by atoms with van der Waals surface area (Å²) in [5.41, 5.74) is 1.08. The number of amides is 1. The third-order valence-corrected chi connectivity index (χ3v) is 7.08. The number of fused-ring (bicyclic) bond motifs is 1. The van der Waals surface area contributed by atoms with Gasteiger partial charge in [0.2, 0.25) is 5.91 Å². The molecule has 0 bridgehead atoms. The van der Waals surface area contributed by atoms with Crippen LogP contribution in [0.2, 0.25) is 0 Å². The topological polar surface area (TPSA) is 70.6 Å². The van der Waals surface area contributed by atoms with E-state index in [1.54, 1.807) is 6.20 Å². The van der Waals surface area contributed by atoms with Crippen LogP contribution >= 0.6 is 0 Å². The maximum atomic E-state index is 12.6. The van der Waals surface area contributed by atoms with Crippen LogP contribution in [0.4, 0.5) is 0 Å². The third kappa shape index (κ3) is 3.32. The van der Waals surface area contributed by atoms with E-state index < -0.39 is 9.84 Å². The van der Waals surface area contributed by atoms with Gasteiger partial charge in [0.15, 0.2) is 9.84 Å². The van der Waals surface area contributed by atoms with E-state index >= 15 is 0 Å². The van der Waals surface area contributed by atoms with Gasteiger partial charge in [-0.2, -0.15) is 0 Å². The van der Waals surface area contributed by atoms with Crippen LogP contribution in [0.3, 0.4) is 0 Å². The van der Waals surface area contributed by atoms with E-state index in [9.17, 15) is 13.2 Å². The lowest BCUT2D eigenvalue weighted by atomic mass is 10.0. The molecule has 24 heavy (non-hydrogen) atoms. The molecule has 7 heteroatoms. The number of pyridine rings is 1. The van der Waals surface area contributed by atoms with E-state index in [0.29, 0.717) is 25.4 Å². The first-order valence-corrected chi connectivity index (χ1v) is 10.5. The van der Waals surface area contributed by atoms with Crippen molar-refractivity contribution in [3.63, 3.8) is 0 Å². The van der Waals surface area contributed by atoms with Crippen LogP contribution in [0.1, 0.15) is 24.8 Å². The molecule has 1 saturated carbocycles. The maximum Gasteiger partial charge on any atom is 0.223 e. The van der Waals surface area contributed by atoms with E-state index in [1.165, 1.54) is 0 Å². The summed E-state index contributed by atoms with van der Waals surface area (Å²) in [6.45, 7) is 2.04. The second-order valence-electron chi connectivity index (χ2n) is 7.28. The first-order valence-electron chi connectivity index (χ1n) is 8.65. The minimum absolute atomic E-state index is 0.0906. The van der Waals surface area contributed by atoms with Crippen molar-refractivity contribution >= 4 is 15.7 Å². The quantitative estimate of drug-likeness (QED) is 0.800. The first-order chi connectivity index (χ1) is 11.5. The van der Waals surface area contributed by atoms with Crippen molar-refractivity contribution in [2.45, 2.75) is 37.9 Å². The van der Waals surface area contributed by atoms with Crippen molar-refractivity contribution in [1.29, 1.82) is 0 Å². The van der Waals surface area contributed by atoms with Crippen LogP contribution in [-0.4, -0.2) is 65.8 Å². The third-order valence-electron chi connectivity index (χ3n) is 5.38. The Morgan fingerprint density at radius 2 is 2.00 bits per heavy atom. The zero-order chi connectivity index (χ0) is 16.7. The molecule has 1 aliphatic carbocycles. The van der Waals surface area contributed by atoms with E-state index in [2.05, 4.69) is 9.88 Å². The van der Waals surface area contributed by atoms with Gasteiger partial charge in [-0.25, -0.2) is 8.42 Å². The number of nitrogens with zero attached hydrogens (tertiary/aromatic N) is 3. The largest absolute Gasteiger partial charge is 0.336 e. The van der Waals surface area contributed by atoms with Gasteiger partial charge in [0, 0.05) is 44.5 Å². The molecule has 1 amide bonds. The maximum absolute atomic E-state index is 12.6. The molecule has 3 fully saturated rings. The van der Waals surface area contributed by atoms with Gasteiger partial charge < -0.3 is 4.90 Å². The summed E-state index contributed by atoms with van der Waals surface area (Å²) in [5, 5.41) is 0. The monoisotopic (exact) mass is 349 g/mol. The molecule has 0 N–H and O–H groups in total. The molecule has 0 radical (unpaired) electrons. The smallest absolute Gasteiger partial charge is 0.223 e. The number of carbonyl (C=O) groups excluding carboxylic acids is 1. The SMILES string of the molecule is O=C(CC1CC1)N1CCN(Cc2cccnc2)[C@@H]2CS(=O)(=O)C[C@@H]21. The Hall–Kier alpha value is -1.47. The normalized spacial score (nSPS) is 29.4. The predicted octanol–water partition coefficient (Wildman–Crippen LogP) is 0.692. The molecular weight excluding hydrogens is 326 g/mol. The second kappa shape index (κ2) is 6.11. The van der Waals surface area contributed by atoms with Crippen LogP contribution in [0, 0.1) is 5.92 Å². The van der Waals surface area contributed by atoms with Crippen LogP contribution in [0.25, 0.3) is 0 Å². The lowest BCUT2D eigenvalue weighted by Crippen LogP contribution is -2.60. The van der Waals surface area contributed by atoms with Gasteiger partial charge in [-0.1, -0.05) is 6.07 Å². The highest BCUT2D eigenvalue weighted by molar-refractivity contribution is 7.91. The number of hydrogen-bond acceptors (Lipinski definition) is 5. The molecule has 130 valence electrons. The van der Waals surface area contributed by atoms with Crippen LogP contribution < -0.4 is 0 Å². The summed E-state index contributed by atoms with van der Waals surface area (Å²) in [6, 6.07) is 3.63. The Bertz CT molecular complexity index is 718. The Labute approximate surface area is 142 Å². The van der Waals surface area contributed by atoms with Crippen molar-refractivity contribution in [2.24, 2.45) is 5.92 Å². The zero-order valence-corrected chi connectivity index (χ0v) is 14.5. The molecule has 2 saturated heterocycles. The van der Waals surface area contributed by atoms with E-state index in [0.717, 1.165) is 24.9 Å². The number of piperazine rings is 1. The highest BCUT2D eigenvalue weighted by Gasteiger charge is 2.48. The van der Waals surface area contributed by atoms with Gasteiger partial charge in [0.05, 0.1) is 17.5 Å². The first kappa shape index (κ1) is 16.0. The molecule has 0 spiro atoms. The van der Waals surface area contributed by atoms with Crippen molar-refractivity contribution in [1.82, 2.24) is 14.8 Å². The Morgan fingerprint density at radius 3 is 2.71 bits per heavy atom. The van der Waals surface area contributed by atoms with Crippen molar-refractivity contribution in [3.05, 3.63) is 30.1 Å². The molecule has 1 aromatic rings. The van der Waals surface area contributed by atoms with Crippen LogP contribution in [-0.2, 0) is 21.2 Å². The molecule has 1 aromatic heterocycles. The van der Waals surface area contributed by atoms with Crippen LogP contribution in [0.5, 0.6) is 0 Å². The van der Waals surface area contributed by atoms with Gasteiger partial charge in [0.1, 0.15) is 0 Å². The highest BCUT2D eigenvalue weighted by atomic mass is 32.2. The molecular formula is C17H23N3O3S.